The van der Waals surface area contributed by atoms with Crippen molar-refractivity contribution in [3.8, 4) is 17.2 Å². The highest BCUT2D eigenvalue weighted by Crippen LogP contribution is 2.25. The number of hydrogen-bond donors (Lipinski definition) is 2. The van der Waals surface area contributed by atoms with Gasteiger partial charge in [-0.15, -0.1) is 0 Å². The monoisotopic (exact) mass is 436 g/mol. The summed E-state index contributed by atoms with van der Waals surface area (Å²) in [5.74, 6) is 1.44. The van der Waals surface area contributed by atoms with Crippen molar-refractivity contribution in [3.05, 3.63) is 84.6 Å². The van der Waals surface area contributed by atoms with Gasteiger partial charge in [-0.3, -0.25) is 4.57 Å². The van der Waals surface area contributed by atoms with Gasteiger partial charge in [0.25, 0.3) is 0 Å². The van der Waals surface area contributed by atoms with Crippen molar-refractivity contribution in [2.75, 3.05) is 11.1 Å². The smallest absolute Gasteiger partial charge is 0.233 e. The van der Waals surface area contributed by atoms with Crippen LogP contribution in [-0.2, 0) is 13.1 Å². The normalized spacial score (nSPS) is 11.1. The number of nitrogens with one attached hydrogen (secondary N) is 1. The van der Waals surface area contributed by atoms with Gasteiger partial charge < -0.3 is 11.1 Å². The lowest BCUT2D eigenvalue weighted by atomic mass is 10.1. The molecule has 0 bridgehead atoms. The molecule has 8 nitrogen and oxygen atoms in total. The summed E-state index contributed by atoms with van der Waals surface area (Å²) in [5, 5.41) is 8.00. The van der Waals surface area contributed by atoms with Crippen LogP contribution in [0.25, 0.3) is 34.4 Å². The van der Waals surface area contributed by atoms with E-state index in [1.54, 1.807) is 4.68 Å². The minimum atomic E-state index is 0.330. The third kappa shape index (κ3) is 3.94. The fourth-order valence-electron chi connectivity index (χ4n) is 3.71. The first-order chi connectivity index (χ1) is 16.2. The van der Waals surface area contributed by atoms with Gasteiger partial charge in [0.05, 0.1) is 5.69 Å². The topological polar surface area (TPSA) is 99.5 Å². The zero-order valence-electron chi connectivity index (χ0n) is 18.3. The fraction of sp³-hybridized carbons (Fsp3) is 0.120. The first-order valence-corrected chi connectivity index (χ1v) is 10.8. The maximum absolute atomic E-state index is 6.26. The van der Waals surface area contributed by atoms with Crippen molar-refractivity contribution in [2.45, 2.75) is 20.0 Å². The van der Waals surface area contributed by atoms with Gasteiger partial charge in [0, 0.05) is 24.8 Å². The van der Waals surface area contributed by atoms with Crippen molar-refractivity contribution in [1.82, 2.24) is 29.3 Å². The first-order valence-electron chi connectivity index (χ1n) is 10.8. The van der Waals surface area contributed by atoms with Crippen molar-refractivity contribution in [2.24, 2.45) is 0 Å². The highest BCUT2D eigenvalue weighted by atomic mass is 15.4. The molecule has 0 aliphatic rings. The van der Waals surface area contributed by atoms with Gasteiger partial charge in [-0.05, 0) is 24.1 Å². The summed E-state index contributed by atoms with van der Waals surface area (Å²) in [6.45, 7) is 7.10. The molecule has 8 heteroatoms. The van der Waals surface area contributed by atoms with Gasteiger partial charge in [-0.2, -0.15) is 15.1 Å². The number of aryl methyl sites for hydroxylation is 1. The highest BCUT2D eigenvalue weighted by molar-refractivity contribution is 5.84. The summed E-state index contributed by atoms with van der Waals surface area (Å²) in [6.07, 6.45) is 3.71. The van der Waals surface area contributed by atoms with Crippen molar-refractivity contribution < 1.29 is 0 Å². The second-order valence-electron chi connectivity index (χ2n) is 7.57. The van der Waals surface area contributed by atoms with Crippen molar-refractivity contribution in [3.63, 3.8) is 0 Å². The number of nitrogens with two attached hydrogens (primary N) is 1. The van der Waals surface area contributed by atoms with E-state index in [0.717, 1.165) is 22.4 Å². The van der Waals surface area contributed by atoms with Crippen molar-refractivity contribution >= 4 is 29.0 Å². The minimum absolute atomic E-state index is 0.330. The Bertz CT molecular complexity index is 1410. The molecule has 0 spiro atoms. The molecule has 0 saturated heterocycles. The molecule has 0 unspecified atom stereocenters. The van der Waals surface area contributed by atoms with E-state index >= 15 is 0 Å². The van der Waals surface area contributed by atoms with Crippen molar-refractivity contribution in [1.29, 1.82) is 0 Å². The summed E-state index contributed by atoms with van der Waals surface area (Å²) in [6, 6.07) is 20.1. The van der Waals surface area contributed by atoms with Crippen LogP contribution in [0.2, 0.25) is 0 Å². The minimum Gasteiger partial charge on any atom is -0.382 e. The lowest BCUT2D eigenvalue weighted by Gasteiger charge is -2.08. The molecule has 0 radical (unpaired) electrons. The Balaban J connectivity index is 1.49. The van der Waals surface area contributed by atoms with Crippen LogP contribution in [0.3, 0.4) is 0 Å². The second kappa shape index (κ2) is 8.58. The standard InChI is InChI=1S/C25H24N8/c1-3-17-10-12-19(13-11-17)20-14-15-33(31-20)25-28-21-22(26)29-24(30-23(21)32(25)4-2)27-16-18-8-6-5-7-9-18/h3,5-15H,1,4,16H2,2H3,(H3,26,27,29,30). The van der Waals surface area contributed by atoms with E-state index < -0.39 is 0 Å². The molecule has 3 heterocycles. The van der Waals surface area contributed by atoms with Gasteiger partial charge in [-0.1, -0.05) is 67.3 Å². The summed E-state index contributed by atoms with van der Waals surface area (Å²) in [5.41, 5.74) is 11.6. The third-order valence-electron chi connectivity index (χ3n) is 5.45. The molecule has 0 saturated carbocycles. The lowest BCUT2D eigenvalue weighted by molar-refractivity contribution is 0.698. The quantitative estimate of drug-likeness (QED) is 0.389. The maximum atomic E-state index is 6.26. The highest BCUT2D eigenvalue weighted by Gasteiger charge is 2.18. The van der Waals surface area contributed by atoms with E-state index in [-0.39, 0.29) is 0 Å². The zero-order chi connectivity index (χ0) is 22.8. The number of rotatable bonds is 7. The van der Waals surface area contributed by atoms with Crippen LogP contribution in [0.4, 0.5) is 11.8 Å². The summed E-state index contributed by atoms with van der Waals surface area (Å²) < 4.78 is 3.73. The molecule has 5 rings (SSSR count). The van der Waals surface area contributed by atoms with Crippen LogP contribution in [0.5, 0.6) is 0 Å². The number of imidazole rings is 1. The Labute approximate surface area is 191 Å². The Hall–Kier alpha value is -4.46. The number of anilines is 2. The molecule has 2 aromatic carbocycles. The molecule has 3 N–H and O–H groups in total. The molecule has 0 atom stereocenters. The molecule has 0 aliphatic carbocycles. The summed E-state index contributed by atoms with van der Waals surface area (Å²) in [7, 11) is 0. The lowest BCUT2D eigenvalue weighted by Crippen LogP contribution is -2.09. The van der Waals surface area contributed by atoms with E-state index in [0.29, 0.717) is 42.0 Å². The first kappa shape index (κ1) is 20.4. The molecule has 33 heavy (non-hydrogen) atoms. The number of benzene rings is 2. The number of nitrogens with zero attached hydrogens (tertiary/aromatic N) is 6. The second-order valence-corrected chi connectivity index (χ2v) is 7.57. The molecule has 3 aromatic heterocycles. The molecule has 0 amide bonds. The van der Waals surface area contributed by atoms with Gasteiger partial charge in [0.2, 0.25) is 11.9 Å². The van der Waals surface area contributed by atoms with Crippen LogP contribution >= 0.6 is 0 Å². The molecule has 5 aromatic rings. The predicted octanol–water partition coefficient (Wildman–Crippen LogP) is 4.54. The Kier molecular flexibility index (Phi) is 5.32. The summed E-state index contributed by atoms with van der Waals surface area (Å²) in [4.78, 5) is 13.8. The van der Waals surface area contributed by atoms with E-state index in [1.807, 2.05) is 84.4 Å². The summed E-state index contributed by atoms with van der Waals surface area (Å²) >= 11 is 0. The molecular weight excluding hydrogens is 412 g/mol. The van der Waals surface area contributed by atoms with Gasteiger partial charge >= 0.3 is 0 Å². The SMILES string of the molecule is C=Cc1ccc(-c2ccn(-c3nc4c(N)nc(NCc5ccccc5)nc4n3CC)n2)cc1. The van der Waals surface area contributed by atoms with E-state index in [9.17, 15) is 0 Å². The van der Waals surface area contributed by atoms with E-state index in [2.05, 4.69) is 16.9 Å². The Morgan fingerprint density at radius 1 is 1.00 bits per heavy atom. The molecular formula is C25H24N8. The maximum Gasteiger partial charge on any atom is 0.233 e. The number of nitrogen functional groups attached to an aromatic ring is 1. The van der Waals surface area contributed by atoms with Gasteiger partial charge in [-0.25, -0.2) is 9.67 Å². The average Bonchev–Trinajstić information content (AvgIpc) is 3.48. The molecule has 0 aliphatic heterocycles. The zero-order valence-corrected chi connectivity index (χ0v) is 18.3. The molecule has 164 valence electrons. The number of aromatic nitrogens is 6. The molecule has 0 fully saturated rings. The third-order valence-corrected chi connectivity index (χ3v) is 5.45. The fourth-order valence-corrected chi connectivity index (χ4v) is 3.71. The number of fused-ring (bicyclic) bond motifs is 1. The van der Waals surface area contributed by atoms with Crippen LogP contribution < -0.4 is 11.1 Å². The largest absolute Gasteiger partial charge is 0.382 e. The van der Waals surface area contributed by atoms with Gasteiger partial charge in [0.1, 0.15) is 0 Å². The van der Waals surface area contributed by atoms with Crippen LogP contribution in [0, 0.1) is 0 Å². The predicted molar refractivity (Wildman–Crippen MR) is 132 cm³/mol. The Morgan fingerprint density at radius 2 is 1.79 bits per heavy atom. The van der Waals surface area contributed by atoms with E-state index in [1.165, 1.54) is 0 Å². The van der Waals surface area contributed by atoms with Crippen LogP contribution in [-0.4, -0.2) is 29.3 Å². The number of hydrogen-bond acceptors (Lipinski definition) is 6. The van der Waals surface area contributed by atoms with Crippen LogP contribution in [0.1, 0.15) is 18.1 Å². The van der Waals surface area contributed by atoms with Gasteiger partial charge in [0.15, 0.2) is 17.0 Å². The van der Waals surface area contributed by atoms with E-state index in [4.69, 9.17) is 20.8 Å². The Morgan fingerprint density at radius 3 is 2.52 bits per heavy atom. The average molecular weight is 437 g/mol. The van der Waals surface area contributed by atoms with Crippen LogP contribution in [0.15, 0.2) is 73.4 Å².